The molecule has 1 fully saturated rings. The van der Waals surface area contributed by atoms with Crippen molar-refractivity contribution in [2.24, 2.45) is 0 Å². The molecule has 9 nitrogen and oxygen atoms in total. The number of hydrogen-bond donors (Lipinski definition) is 1. The minimum absolute atomic E-state index is 0.00626. The van der Waals surface area contributed by atoms with Crippen LogP contribution in [0.1, 0.15) is 25.1 Å². The predicted octanol–water partition coefficient (Wildman–Crippen LogP) is 3.85. The van der Waals surface area contributed by atoms with E-state index in [0.717, 1.165) is 24.3 Å². The molecular formula is C28H33N7O2. The number of carbonyl (C=O) groups excluding carboxylic acids is 1. The third kappa shape index (κ3) is 6.13. The summed E-state index contributed by atoms with van der Waals surface area (Å²) in [5, 5.41) is 5.60. The van der Waals surface area contributed by atoms with Gasteiger partial charge < -0.3 is 20.3 Å². The zero-order valence-electron chi connectivity index (χ0n) is 21.5. The van der Waals surface area contributed by atoms with Crippen LogP contribution in [0.25, 0.3) is 16.6 Å². The number of nitrogens with zero attached hydrogens (tertiary/aromatic N) is 6. The summed E-state index contributed by atoms with van der Waals surface area (Å²) >= 11 is 0. The van der Waals surface area contributed by atoms with Crippen molar-refractivity contribution in [2.45, 2.75) is 19.4 Å². The lowest BCUT2D eigenvalue weighted by Gasteiger charge is -2.15. The molecule has 0 saturated carbocycles. The highest BCUT2D eigenvalue weighted by molar-refractivity contribution is 5.95. The maximum absolute atomic E-state index is 12.7. The first kappa shape index (κ1) is 25.8. The van der Waals surface area contributed by atoms with Gasteiger partial charge in [0.2, 0.25) is 5.91 Å². The maximum atomic E-state index is 12.7. The highest BCUT2D eigenvalue weighted by atomic mass is 16.5. The zero-order chi connectivity index (χ0) is 26.4. The molecule has 1 aliphatic heterocycles. The van der Waals surface area contributed by atoms with E-state index in [0.29, 0.717) is 41.4 Å². The quantitative estimate of drug-likeness (QED) is 0.271. The molecule has 2 aromatic heterocycles. The molecule has 0 radical (unpaired) electrons. The molecule has 1 aliphatic rings. The number of para-hydroxylation sites is 1. The van der Waals surface area contributed by atoms with Gasteiger partial charge in [-0.1, -0.05) is 36.9 Å². The SMILES string of the molecule is C=C/C(=C\C=C(/C)c1nn(C2CCN(C(=O)/C=C/CN(C)C)C2)c2ncnc(N)c12)Oc1ccccc1. The van der Waals surface area contributed by atoms with E-state index in [2.05, 4.69) is 16.5 Å². The number of nitrogen functional groups attached to an aromatic ring is 1. The molecule has 1 unspecified atom stereocenters. The standard InChI is InChI=1S/C28H33N7O2/c1-5-22(37-23-10-7-6-8-11-23)14-13-20(2)26-25-27(29)30-19-31-28(25)35(32-26)21-15-17-34(18-21)24(36)12-9-16-33(3)4/h5-14,19,21H,1,15-18H2,2-4H3,(H2,29,30,31)/b12-9+,20-13+,22-14+. The van der Waals surface area contributed by atoms with Gasteiger partial charge in [0.05, 0.1) is 11.4 Å². The molecule has 192 valence electrons. The van der Waals surface area contributed by atoms with Crippen LogP contribution in [0.3, 0.4) is 0 Å². The summed E-state index contributed by atoms with van der Waals surface area (Å²) in [4.78, 5) is 25.2. The molecule has 37 heavy (non-hydrogen) atoms. The van der Waals surface area contributed by atoms with Crippen LogP contribution in [0.5, 0.6) is 5.75 Å². The summed E-state index contributed by atoms with van der Waals surface area (Å²) in [7, 11) is 3.94. The van der Waals surface area contributed by atoms with Crippen LogP contribution in [0.4, 0.5) is 5.82 Å². The Hall–Kier alpha value is -4.24. The Bertz CT molecular complexity index is 1360. The Labute approximate surface area is 217 Å². The van der Waals surface area contributed by atoms with E-state index in [9.17, 15) is 4.79 Å². The summed E-state index contributed by atoms with van der Waals surface area (Å²) in [5.41, 5.74) is 8.51. The van der Waals surface area contributed by atoms with Crippen molar-refractivity contribution in [1.29, 1.82) is 0 Å². The van der Waals surface area contributed by atoms with Crippen molar-refractivity contribution in [3.05, 3.63) is 85.1 Å². The predicted molar refractivity (Wildman–Crippen MR) is 147 cm³/mol. The molecule has 1 atom stereocenters. The lowest BCUT2D eigenvalue weighted by molar-refractivity contribution is -0.125. The van der Waals surface area contributed by atoms with Gasteiger partial charge in [0.25, 0.3) is 0 Å². The van der Waals surface area contributed by atoms with Gasteiger partial charge in [-0.05, 0) is 57.3 Å². The van der Waals surface area contributed by atoms with Crippen LogP contribution >= 0.6 is 0 Å². The van der Waals surface area contributed by atoms with Crippen LogP contribution in [-0.4, -0.2) is 69.2 Å². The third-order valence-electron chi connectivity index (χ3n) is 6.12. The molecule has 3 heterocycles. The summed E-state index contributed by atoms with van der Waals surface area (Å²) < 4.78 is 7.79. The molecular weight excluding hydrogens is 466 g/mol. The molecule has 0 bridgehead atoms. The van der Waals surface area contributed by atoms with E-state index < -0.39 is 0 Å². The fourth-order valence-electron chi connectivity index (χ4n) is 4.19. The van der Waals surface area contributed by atoms with E-state index in [1.54, 1.807) is 12.2 Å². The van der Waals surface area contributed by atoms with Crippen molar-refractivity contribution in [3.8, 4) is 5.75 Å². The highest BCUT2D eigenvalue weighted by Crippen LogP contribution is 2.32. The minimum Gasteiger partial charge on any atom is -0.457 e. The molecule has 4 rings (SSSR count). The number of hydrogen-bond acceptors (Lipinski definition) is 7. The fourth-order valence-corrected chi connectivity index (χ4v) is 4.19. The molecule has 0 spiro atoms. The lowest BCUT2D eigenvalue weighted by atomic mass is 10.1. The van der Waals surface area contributed by atoms with Crippen molar-refractivity contribution in [2.75, 3.05) is 39.5 Å². The molecule has 1 aromatic carbocycles. The number of anilines is 1. The molecule has 0 aliphatic carbocycles. The van der Waals surface area contributed by atoms with E-state index >= 15 is 0 Å². The molecule has 2 N–H and O–H groups in total. The Morgan fingerprint density at radius 2 is 2.03 bits per heavy atom. The Morgan fingerprint density at radius 1 is 1.24 bits per heavy atom. The van der Waals surface area contributed by atoms with Gasteiger partial charge in [0.1, 0.15) is 29.3 Å². The average molecular weight is 500 g/mol. The first-order chi connectivity index (χ1) is 17.9. The number of benzene rings is 1. The summed E-state index contributed by atoms with van der Waals surface area (Å²) in [6, 6.07) is 9.52. The summed E-state index contributed by atoms with van der Waals surface area (Å²) in [6.07, 6.45) is 11.2. The molecule has 3 aromatic rings. The van der Waals surface area contributed by atoms with E-state index in [4.69, 9.17) is 15.6 Å². The lowest BCUT2D eigenvalue weighted by Crippen LogP contribution is -2.28. The fraction of sp³-hybridized carbons (Fsp3) is 0.286. The van der Waals surface area contributed by atoms with E-state index in [1.165, 1.54) is 6.33 Å². The molecule has 9 heteroatoms. The Kier molecular flexibility index (Phi) is 8.15. The largest absolute Gasteiger partial charge is 0.457 e. The second-order valence-electron chi connectivity index (χ2n) is 9.18. The van der Waals surface area contributed by atoms with Gasteiger partial charge in [0.15, 0.2) is 5.65 Å². The van der Waals surface area contributed by atoms with Crippen LogP contribution in [-0.2, 0) is 4.79 Å². The summed E-state index contributed by atoms with van der Waals surface area (Å²) in [5.74, 6) is 1.70. The Balaban J connectivity index is 1.60. The molecule has 1 saturated heterocycles. The van der Waals surface area contributed by atoms with Gasteiger partial charge in [-0.2, -0.15) is 5.10 Å². The monoisotopic (exact) mass is 499 g/mol. The second-order valence-corrected chi connectivity index (χ2v) is 9.18. The van der Waals surface area contributed by atoms with Crippen molar-refractivity contribution in [1.82, 2.24) is 29.5 Å². The average Bonchev–Trinajstić information content (AvgIpc) is 3.53. The topological polar surface area (TPSA) is 102 Å². The van der Waals surface area contributed by atoms with Crippen LogP contribution in [0.15, 0.2) is 79.4 Å². The number of amides is 1. The number of fused-ring (bicyclic) bond motifs is 1. The number of rotatable bonds is 9. The third-order valence-corrected chi connectivity index (χ3v) is 6.12. The number of likely N-dealkylation sites (tertiary alicyclic amines) is 1. The number of likely N-dealkylation sites (N-methyl/N-ethyl adjacent to an activating group) is 1. The Morgan fingerprint density at radius 3 is 2.76 bits per heavy atom. The zero-order valence-corrected chi connectivity index (χ0v) is 21.5. The first-order valence-corrected chi connectivity index (χ1v) is 12.2. The number of carbonyl (C=O) groups is 1. The van der Waals surface area contributed by atoms with Crippen LogP contribution in [0.2, 0.25) is 0 Å². The maximum Gasteiger partial charge on any atom is 0.246 e. The van der Waals surface area contributed by atoms with E-state index in [1.807, 2.05) is 84.1 Å². The van der Waals surface area contributed by atoms with Gasteiger partial charge >= 0.3 is 0 Å². The summed E-state index contributed by atoms with van der Waals surface area (Å²) in [6.45, 7) is 7.74. The highest BCUT2D eigenvalue weighted by Gasteiger charge is 2.30. The van der Waals surface area contributed by atoms with E-state index in [-0.39, 0.29) is 11.9 Å². The number of allylic oxidation sites excluding steroid dienone is 4. The normalized spacial score (nSPS) is 16.8. The van der Waals surface area contributed by atoms with Gasteiger partial charge in [-0.25, -0.2) is 14.6 Å². The van der Waals surface area contributed by atoms with Crippen molar-refractivity contribution in [3.63, 3.8) is 0 Å². The van der Waals surface area contributed by atoms with Crippen LogP contribution in [0, 0.1) is 0 Å². The number of nitrogens with two attached hydrogens (primary N) is 1. The second kappa shape index (κ2) is 11.7. The van der Waals surface area contributed by atoms with Crippen LogP contribution < -0.4 is 10.5 Å². The van der Waals surface area contributed by atoms with Gasteiger partial charge in [-0.3, -0.25) is 4.79 Å². The number of ether oxygens (including phenoxy) is 1. The van der Waals surface area contributed by atoms with Crippen molar-refractivity contribution >= 4 is 28.3 Å². The minimum atomic E-state index is -0.00904. The van der Waals surface area contributed by atoms with Crippen molar-refractivity contribution < 1.29 is 9.53 Å². The number of aromatic nitrogens is 4. The van der Waals surface area contributed by atoms with Gasteiger partial charge in [0, 0.05) is 25.7 Å². The van der Waals surface area contributed by atoms with Gasteiger partial charge in [-0.15, -0.1) is 0 Å². The smallest absolute Gasteiger partial charge is 0.246 e. The molecule has 1 amide bonds. The first-order valence-electron chi connectivity index (χ1n) is 12.2.